The molecule has 1 aromatic rings. The summed E-state index contributed by atoms with van der Waals surface area (Å²) < 4.78 is 4.88. The molecule has 7 heteroatoms. The largest absolute Gasteiger partial charge is 0.352 e. The Hall–Kier alpha value is -1.89. The minimum absolute atomic E-state index is 0.0479. The average Bonchev–Trinajstić information content (AvgIpc) is 3.00. The molecule has 1 aliphatic carbocycles. The summed E-state index contributed by atoms with van der Waals surface area (Å²) in [6.45, 7) is 2.10. The number of aryl methyl sites for hydroxylation is 1. The molecule has 1 fully saturated rings. The topological polar surface area (TPSA) is 87.5 Å². The van der Waals surface area contributed by atoms with Crippen molar-refractivity contribution in [2.45, 2.75) is 25.8 Å². The molecule has 19 heavy (non-hydrogen) atoms. The minimum atomic E-state index is -0.238. The van der Waals surface area contributed by atoms with Gasteiger partial charge in [0.1, 0.15) is 0 Å². The van der Waals surface area contributed by atoms with Crippen LogP contribution < -0.4 is 10.6 Å². The summed E-state index contributed by atoms with van der Waals surface area (Å²) in [5.41, 5.74) is 0.701. The highest BCUT2D eigenvalue weighted by molar-refractivity contribution is 5.91. The third-order valence-electron chi connectivity index (χ3n) is 2.66. The molecule has 1 aromatic heterocycles. The van der Waals surface area contributed by atoms with E-state index in [0.717, 1.165) is 12.8 Å². The van der Waals surface area contributed by atoms with Gasteiger partial charge in [0.05, 0.1) is 18.8 Å². The molecule has 1 heterocycles. The fraction of sp³-hybridized carbons (Fsp3) is 0.583. The molecule has 2 amide bonds. The molecule has 7 nitrogen and oxygen atoms in total. The highest BCUT2D eigenvalue weighted by Gasteiger charge is 2.23. The summed E-state index contributed by atoms with van der Waals surface area (Å²) in [6.07, 6.45) is 2.11. The van der Waals surface area contributed by atoms with Gasteiger partial charge in [-0.25, -0.2) is 0 Å². The first kappa shape index (κ1) is 13.5. The molecule has 0 unspecified atom stereocenters. The molecular weight excluding hydrogens is 248 g/mol. The number of rotatable bonds is 6. The smallest absolute Gasteiger partial charge is 0.240 e. The molecule has 1 aliphatic rings. The van der Waals surface area contributed by atoms with Crippen LogP contribution in [0.4, 0.5) is 5.88 Å². The Morgan fingerprint density at radius 3 is 2.68 bits per heavy atom. The lowest BCUT2D eigenvalue weighted by atomic mass is 10.4. The molecule has 104 valence electrons. The summed E-state index contributed by atoms with van der Waals surface area (Å²) in [5.74, 6) is 0.0320. The van der Waals surface area contributed by atoms with Crippen molar-refractivity contribution in [2.24, 2.45) is 0 Å². The molecule has 0 spiro atoms. The third kappa shape index (κ3) is 4.70. The Morgan fingerprint density at radius 1 is 1.42 bits per heavy atom. The van der Waals surface area contributed by atoms with Gasteiger partial charge < -0.3 is 9.84 Å². The van der Waals surface area contributed by atoms with Crippen LogP contribution in [0.5, 0.6) is 0 Å². The van der Waals surface area contributed by atoms with Crippen LogP contribution in [-0.4, -0.2) is 48.0 Å². The van der Waals surface area contributed by atoms with Crippen molar-refractivity contribution in [1.29, 1.82) is 0 Å². The van der Waals surface area contributed by atoms with E-state index >= 15 is 0 Å². The van der Waals surface area contributed by atoms with Crippen LogP contribution in [0, 0.1) is 6.92 Å². The van der Waals surface area contributed by atoms with E-state index in [1.165, 1.54) is 0 Å². The second-order valence-electron chi connectivity index (χ2n) is 4.89. The van der Waals surface area contributed by atoms with E-state index in [0.29, 0.717) is 17.6 Å². The molecule has 0 bridgehead atoms. The van der Waals surface area contributed by atoms with E-state index in [9.17, 15) is 9.59 Å². The Bertz CT molecular complexity index is 467. The van der Waals surface area contributed by atoms with Crippen molar-refractivity contribution < 1.29 is 14.1 Å². The molecule has 0 aliphatic heterocycles. The zero-order valence-electron chi connectivity index (χ0n) is 11.1. The van der Waals surface area contributed by atoms with Gasteiger partial charge in [-0.2, -0.15) is 0 Å². The van der Waals surface area contributed by atoms with Crippen LogP contribution in [0.1, 0.15) is 18.5 Å². The minimum Gasteiger partial charge on any atom is -0.352 e. The van der Waals surface area contributed by atoms with E-state index < -0.39 is 0 Å². The van der Waals surface area contributed by atoms with E-state index in [1.807, 2.05) is 0 Å². The van der Waals surface area contributed by atoms with Crippen LogP contribution >= 0.6 is 0 Å². The van der Waals surface area contributed by atoms with Crippen LogP contribution in [0.3, 0.4) is 0 Å². The summed E-state index contributed by atoms with van der Waals surface area (Å²) in [6, 6.07) is 1.98. The van der Waals surface area contributed by atoms with Gasteiger partial charge in [0.15, 0.2) is 0 Å². The van der Waals surface area contributed by atoms with Crippen molar-refractivity contribution in [3.8, 4) is 0 Å². The van der Waals surface area contributed by atoms with Crippen LogP contribution in [0.2, 0.25) is 0 Å². The van der Waals surface area contributed by atoms with E-state index in [1.54, 1.807) is 24.9 Å². The second-order valence-corrected chi connectivity index (χ2v) is 4.89. The number of carbonyl (C=O) groups is 2. The molecule has 0 aromatic carbocycles. The van der Waals surface area contributed by atoms with Crippen LogP contribution in [-0.2, 0) is 9.59 Å². The van der Waals surface area contributed by atoms with Gasteiger partial charge >= 0.3 is 0 Å². The molecule has 2 rings (SSSR count). The molecule has 1 saturated carbocycles. The maximum Gasteiger partial charge on any atom is 0.240 e. The zero-order chi connectivity index (χ0) is 13.8. The SMILES string of the molecule is Cc1cc(NC(=O)CN(C)CC(=O)NC2CC2)on1. The lowest BCUT2D eigenvalue weighted by molar-refractivity contribution is -0.123. The standard InChI is InChI=1S/C12H18N4O3/c1-8-5-12(19-15-8)14-11(18)7-16(2)6-10(17)13-9-3-4-9/h5,9H,3-4,6-7H2,1-2H3,(H,13,17)(H,14,18). The van der Waals surface area contributed by atoms with Crippen molar-refractivity contribution >= 4 is 17.7 Å². The molecule has 2 N–H and O–H groups in total. The molecular formula is C12H18N4O3. The van der Waals surface area contributed by atoms with Crippen molar-refractivity contribution in [3.05, 3.63) is 11.8 Å². The maximum atomic E-state index is 11.7. The fourth-order valence-corrected chi connectivity index (χ4v) is 1.65. The quantitative estimate of drug-likeness (QED) is 0.764. The normalized spacial score (nSPS) is 14.5. The number of nitrogens with zero attached hydrogens (tertiary/aromatic N) is 2. The lowest BCUT2D eigenvalue weighted by Gasteiger charge is -2.15. The van der Waals surface area contributed by atoms with E-state index in [4.69, 9.17) is 4.52 Å². The third-order valence-corrected chi connectivity index (χ3v) is 2.66. The maximum absolute atomic E-state index is 11.7. The van der Waals surface area contributed by atoms with E-state index in [2.05, 4.69) is 15.8 Å². The zero-order valence-corrected chi connectivity index (χ0v) is 11.1. The van der Waals surface area contributed by atoms with Gasteiger partial charge in [-0.3, -0.25) is 19.8 Å². The average molecular weight is 266 g/mol. The first-order valence-electron chi connectivity index (χ1n) is 6.24. The number of nitrogens with one attached hydrogen (secondary N) is 2. The predicted molar refractivity (Wildman–Crippen MR) is 68.5 cm³/mol. The number of likely N-dealkylation sites (N-methyl/N-ethyl adjacent to an activating group) is 1. The highest BCUT2D eigenvalue weighted by atomic mass is 16.5. The van der Waals surface area contributed by atoms with Gasteiger partial charge in [-0.05, 0) is 26.8 Å². The number of aromatic nitrogens is 1. The Kier molecular flexibility index (Phi) is 4.16. The van der Waals surface area contributed by atoms with Gasteiger partial charge in [-0.15, -0.1) is 0 Å². The molecule has 0 saturated heterocycles. The number of carbonyl (C=O) groups excluding carboxylic acids is 2. The number of hydrogen-bond acceptors (Lipinski definition) is 5. The number of amides is 2. The monoisotopic (exact) mass is 266 g/mol. The lowest BCUT2D eigenvalue weighted by Crippen LogP contribution is -2.39. The molecule has 0 radical (unpaired) electrons. The Balaban J connectivity index is 1.70. The van der Waals surface area contributed by atoms with Crippen LogP contribution in [0.15, 0.2) is 10.6 Å². The highest BCUT2D eigenvalue weighted by Crippen LogP contribution is 2.18. The van der Waals surface area contributed by atoms with E-state index in [-0.39, 0.29) is 24.9 Å². The first-order valence-corrected chi connectivity index (χ1v) is 6.24. The summed E-state index contributed by atoms with van der Waals surface area (Å²) in [5, 5.41) is 9.12. The van der Waals surface area contributed by atoms with Gasteiger partial charge in [0.25, 0.3) is 0 Å². The Morgan fingerprint density at radius 2 is 2.11 bits per heavy atom. The van der Waals surface area contributed by atoms with Crippen molar-refractivity contribution in [2.75, 3.05) is 25.5 Å². The Labute approximate surface area is 111 Å². The molecule has 0 atom stereocenters. The summed E-state index contributed by atoms with van der Waals surface area (Å²) in [7, 11) is 1.72. The van der Waals surface area contributed by atoms with Crippen molar-refractivity contribution in [3.63, 3.8) is 0 Å². The van der Waals surface area contributed by atoms with Gasteiger partial charge in [-0.1, -0.05) is 5.16 Å². The van der Waals surface area contributed by atoms with Gasteiger partial charge in [0, 0.05) is 12.1 Å². The first-order chi connectivity index (χ1) is 9.02. The number of anilines is 1. The summed E-state index contributed by atoms with van der Waals surface area (Å²) >= 11 is 0. The van der Waals surface area contributed by atoms with Gasteiger partial charge in [0.2, 0.25) is 17.7 Å². The van der Waals surface area contributed by atoms with Crippen LogP contribution in [0.25, 0.3) is 0 Å². The fourth-order valence-electron chi connectivity index (χ4n) is 1.65. The van der Waals surface area contributed by atoms with Crippen molar-refractivity contribution in [1.82, 2.24) is 15.4 Å². The number of hydrogen-bond donors (Lipinski definition) is 2. The predicted octanol–water partition coefficient (Wildman–Crippen LogP) is 0.132. The summed E-state index contributed by atoms with van der Waals surface area (Å²) in [4.78, 5) is 24.9. The second kappa shape index (κ2) is 5.83.